The van der Waals surface area contributed by atoms with Crippen LogP contribution >= 0.6 is 0 Å². The van der Waals surface area contributed by atoms with Gasteiger partial charge in [-0.05, 0) is 36.3 Å². The summed E-state index contributed by atoms with van der Waals surface area (Å²) in [6.07, 6.45) is 5.75. The van der Waals surface area contributed by atoms with Crippen molar-refractivity contribution in [2.45, 2.75) is 50.5 Å². The molecule has 1 aromatic rings. The van der Waals surface area contributed by atoms with E-state index in [9.17, 15) is 9.90 Å². The lowest BCUT2D eigenvalue weighted by Gasteiger charge is -2.25. The highest BCUT2D eigenvalue weighted by atomic mass is 16.5. The molecule has 2 aliphatic rings. The van der Waals surface area contributed by atoms with E-state index in [-0.39, 0.29) is 6.61 Å². The summed E-state index contributed by atoms with van der Waals surface area (Å²) in [4.78, 5) is 16.6. The van der Waals surface area contributed by atoms with Gasteiger partial charge in [0.1, 0.15) is 6.61 Å². The van der Waals surface area contributed by atoms with Crippen LogP contribution in [0.1, 0.15) is 61.7 Å². The Morgan fingerprint density at radius 1 is 1.27 bits per heavy atom. The third-order valence-corrected chi connectivity index (χ3v) is 5.09. The zero-order valence-corrected chi connectivity index (χ0v) is 15.2. The average molecular weight is 359 g/mol. The van der Waals surface area contributed by atoms with Gasteiger partial charge in [0.05, 0.1) is 6.54 Å². The molecule has 1 aromatic carbocycles. The quantitative estimate of drug-likeness (QED) is 0.536. The summed E-state index contributed by atoms with van der Waals surface area (Å²) >= 11 is 0. The third-order valence-electron chi connectivity index (χ3n) is 5.09. The van der Waals surface area contributed by atoms with Gasteiger partial charge in [-0.2, -0.15) is 0 Å². The van der Waals surface area contributed by atoms with Crippen molar-refractivity contribution in [2.24, 2.45) is 4.99 Å². The second-order valence-corrected chi connectivity index (χ2v) is 6.97. The first-order valence-electron chi connectivity index (χ1n) is 9.71. The number of guanidine groups is 1. The van der Waals surface area contributed by atoms with Crippen molar-refractivity contribution in [2.75, 3.05) is 26.2 Å². The molecule has 1 saturated carbocycles. The first-order chi connectivity index (χ1) is 12.8. The summed E-state index contributed by atoms with van der Waals surface area (Å²) in [5.41, 5.74) is 1.78. The Balaban J connectivity index is 1.52. The van der Waals surface area contributed by atoms with Crippen molar-refractivity contribution < 1.29 is 14.6 Å². The first-order valence-corrected chi connectivity index (χ1v) is 9.71. The first kappa shape index (κ1) is 18.7. The van der Waals surface area contributed by atoms with E-state index in [1.54, 1.807) is 0 Å². The summed E-state index contributed by atoms with van der Waals surface area (Å²) < 4.78 is 5.26. The third kappa shape index (κ3) is 4.97. The van der Waals surface area contributed by atoms with E-state index >= 15 is 0 Å². The molecule has 3 N–H and O–H groups in total. The minimum absolute atomic E-state index is 0.197. The Labute approximate surface area is 155 Å². The van der Waals surface area contributed by atoms with Gasteiger partial charge in [-0.25, -0.2) is 4.79 Å². The fourth-order valence-electron chi connectivity index (χ4n) is 3.72. The maximum atomic E-state index is 12.3. The van der Waals surface area contributed by atoms with E-state index in [1.807, 2.05) is 24.3 Å². The number of benzene rings is 1. The van der Waals surface area contributed by atoms with Gasteiger partial charge in [0.15, 0.2) is 12.1 Å². The SMILES string of the molecule is O=C(OCCNC1=NCCCN1)C(O)c1ccccc1C1CCCCC1. The number of hydrogen-bond donors (Lipinski definition) is 3. The molecule has 142 valence electrons. The Bertz CT molecular complexity index is 626. The van der Waals surface area contributed by atoms with Gasteiger partial charge < -0.3 is 20.5 Å². The molecular weight excluding hydrogens is 330 g/mol. The molecule has 0 spiro atoms. The Hall–Kier alpha value is -2.08. The Morgan fingerprint density at radius 2 is 2.08 bits per heavy atom. The van der Waals surface area contributed by atoms with Crippen molar-refractivity contribution in [3.8, 4) is 0 Å². The number of carbonyl (C=O) groups excluding carboxylic acids is 1. The smallest absolute Gasteiger partial charge is 0.339 e. The van der Waals surface area contributed by atoms with E-state index in [4.69, 9.17) is 4.74 Å². The van der Waals surface area contributed by atoms with Gasteiger partial charge in [-0.1, -0.05) is 43.5 Å². The van der Waals surface area contributed by atoms with Crippen molar-refractivity contribution in [3.63, 3.8) is 0 Å². The Kier molecular flexibility index (Phi) is 6.89. The highest BCUT2D eigenvalue weighted by molar-refractivity contribution is 5.80. The van der Waals surface area contributed by atoms with Crippen LogP contribution in [-0.4, -0.2) is 43.3 Å². The maximum absolute atomic E-state index is 12.3. The molecule has 26 heavy (non-hydrogen) atoms. The second-order valence-electron chi connectivity index (χ2n) is 6.97. The van der Waals surface area contributed by atoms with E-state index in [0.717, 1.165) is 43.9 Å². The van der Waals surface area contributed by atoms with Crippen molar-refractivity contribution in [1.82, 2.24) is 10.6 Å². The van der Waals surface area contributed by atoms with E-state index in [0.29, 0.717) is 18.0 Å². The van der Waals surface area contributed by atoms with Gasteiger partial charge in [-0.3, -0.25) is 4.99 Å². The largest absolute Gasteiger partial charge is 0.462 e. The van der Waals surface area contributed by atoms with Crippen LogP contribution < -0.4 is 10.6 Å². The highest BCUT2D eigenvalue weighted by Gasteiger charge is 2.26. The second kappa shape index (κ2) is 9.57. The number of aliphatic imine (C=N–C) groups is 1. The number of esters is 1. The lowest BCUT2D eigenvalue weighted by Crippen LogP contribution is -2.42. The zero-order chi connectivity index (χ0) is 18.2. The number of carbonyl (C=O) groups is 1. The molecule has 1 heterocycles. The molecule has 0 aromatic heterocycles. The van der Waals surface area contributed by atoms with Crippen molar-refractivity contribution in [3.05, 3.63) is 35.4 Å². The van der Waals surface area contributed by atoms with Crippen LogP contribution in [0.5, 0.6) is 0 Å². The molecule has 1 fully saturated rings. The highest BCUT2D eigenvalue weighted by Crippen LogP contribution is 2.36. The van der Waals surface area contributed by atoms with Gasteiger partial charge in [-0.15, -0.1) is 0 Å². The van der Waals surface area contributed by atoms with Crippen LogP contribution in [0.4, 0.5) is 0 Å². The van der Waals surface area contributed by atoms with Crippen LogP contribution in [0.15, 0.2) is 29.3 Å². The van der Waals surface area contributed by atoms with Crippen LogP contribution in [0.3, 0.4) is 0 Å². The number of nitrogens with zero attached hydrogens (tertiary/aromatic N) is 1. The Morgan fingerprint density at radius 3 is 2.85 bits per heavy atom. The van der Waals surface area contributed by atoms with Crippen LogP contribution in [0.25, 0.3) is 0 Å². The summed E-state index contributed by atoms with van der Waals surface area (Å²) in [6, 6.07) is 7.73. The minimum atomic E-state index is -1.22. The van der Waals surface area contributed by atoms with Crippen LogP contribution in [-0.2, 0) is 9.53 Å². The number of aliphatic hydroxyl groups is 1. The van der Waals surface area contributed by atoms with Crippen LogP contribution in [0.2, 0.25) is 0 Å². The topological polar surface area (TPSA) is 83.0 Å². The van der Waals surface area contributed by atoms with Crippen molar-refractivity contribution in [1.29, 1.82) is 0 Å². The number of rotatable bonds is 6. The molecule has 0 saturated heterocycles. The maximum Gasteiger partial charge on any atom is 0.339 e. The van der Waals surface area contributed by atoms with E-state index in [1.165, 1.54) is 19.3 Å². The average Bonchev–Trinajstić information content (AvgIpc) is 2.72. The molecular formula is C20H29N3O3. The molecule has 6 heteroatoms. The molecule has 3 rings (SSSR count). The molecule has 0 bridgehead atoms. The molecule has 1 unspecified atom stereocenters. The van der Waals surface area contributed by atoms with Crippen LogP contribution in [0, 0.1) is 0 Å². The molecule has 6 nitrogen and oxygen atoms in total. The monoisotopic (exact) mass is 359 g/mol. The normalized spacial score (nSPS) is 19.2. The molecule has 0 amide bonds. The lowest BCUT2D eigenvalue weighted by molar-refractivity contribution is -0.153. The summed E-state index contributed by atoms with van der Waals surface area (Å²) in [7, 11) is 0. The predicted molar refractivity (Wildman–Crippen MR) is 101 cm³/mol. The predicted octanol–water partition coefficient (Wildman–Crippen LogP) is 2.25. The minimum Gasteiger partial charge on any atom is -0.462 e. The number of nitrogens with one attached hydrogen (secondary N) is 2. The lowest BCUT2D eigenvalue weighted by atomic mass is 9.81. The van der Waals surface area contributed by atoms with Gasteiger partial charge >= 0.3 is 5.97 Å². The summed E-state index contributed by atoms with van der Waals surface area (Å²) in [5, 5.41) is 16.8. The number of hydrogen-bond acceptors (Lipinski definition) is 6. The summed E-state index contributed by atoms with van der Waals surface area (Å²) in [5.74, 6) is 0.587. The van der Waals surface area contributed by atoms with Gasteiger partial charge in [0, 0.05) is 13.1 Å². The molecule has 1 aliphatic heterocycles. The van der Waals surface area contributed by atoms with E-state index in [2.05, 4.69) is 15.6 Å². The van der Waals surface area contributed by atoms with E-state index < -0.39 is 12.1 Å². The van der Waals surface area contributed by atoms with Gasteiger partial charge in [0.25, 0.3) is 0 Å². The molecule has 1 aliphatic carbocycles. The molecule has 0 radical (unpaired) electrons. The molecule has 1 atom stereocenters. The fraction of sp³-hybridized carbons (Fsp3) is 0.600. The number of ether oxygens (including phenoxy) is 1. The van der Waals surface area contributed by atoms with Crippen molar-refractivity contribution >= 4 is 11.9 Å². The standard InChI is InChI=1S/C20H29N3O3/c24-18(19(25)26-14-13-23-20-21-11-6-12-22-20)17-10-5-4-9-16(17)15-7-2-1-3-8-15/h4-5,9-10,15,18,24H,1-3,6-8,11-14H2,(H2,21,22,23). The number of aliphatic hydroxyl groups excluding tert-OH is 1. The van der Waals surface area contributed by atoms with Gasteiger partial charge in [0.2, 0.25) is 0 Å². The zero-order valence-electron chi connectivity index (χ0n) is 15.2. The summed E-state index contributed by atoms with van der Waals surface area (Å²) in [6.45, 7) is 2.38. The fourth-order valence-corrected chi connectivity index (χ4v) is 3.72.